The van der Waals surface area contributed by atoms with Crippen molar-refractivity contribution in [2.24, 2.45) is 11.8 Å². The van der Waals surface area contributed by atoms with E-state index >= 15 is 0 Å². The standard InChI is InChI=1S/C30H34ClN5O5S/c1-21(2)27(28(37)36-26(19-41-30(36)38)16-22-6-4-3-5-7-22)20-42(39,40)35-14-12-34(13-15-35)29-32-17-24(18-33-29)23-8-10-25(31)11-9-23/h3-11,17-18,21,26-27H,12-16,19-20H2,1-2H3/t26-,27-/m1/s1. The van der Waals surface area contributed by atoms with Crippen LogP contribution in [-0.4, -0.2) is 84.2 Å². The van der Waals surface area contributed by atoms with E-state index in [1.54, 1.807) is 26.2 Å². The molecule has 0 unspecified atom stereocenters. The number of benzene rings is 2. The Balaban J connectivity index is 1.22. The largest absolute Gasteiger partial charge is 0.447 e. The van der Waals surface area contributed by atoms with Crippen LogP contribution in [-0.2, 0) is 26.0 Å². The molecule has 10 nitrogen and oxygen atoms in total. The van der Waals surface area contributed by atoms with Crippen LogP contribution in [0.5, 0.6) is 0 Å². The molecule has 2 amide bonds. The number of rotatable bonds is 9. The monoisotopic (exact) mass is 611 g/mol. The van der Waals surface area contributed by atoms with Crippen LogP contribution in [0.15, 0.2) is 67.0 Å². The minimum atomic E-state index is -3.79. The molecule has 3 heterocycles. The van der Waals surface area contributed by atoms with Crippen molar-refractivity contribution in [2.75, 3.05) is 43.4 Å². The van der Waals surface area contributed by atoms with Crippen molar-refractivity contribution >= 4 is 39.6 Å². The van der Waals surface area contributed by atoms with Crippen LogP contribution >= 0.6 is 11.6 Å². The summed E-state index contributed by atoms with van der Waals surface area (Å²) in [6.07, 6.45) is 3.20. The summed E-state index contributed by atoms with van der Waals surface area (Å²) in [6, 6.07) is 16.5. The van der Waals surface area contributed by atoms with Gasteiger partial charge in [0.15, 0.2) is 0 Å². The Labute approximate surface area is 251 Å². The zero-order valence-corrected chi connectivity index (χ0v) is 25.2. The summed E-state index contributed by atoms with van der Waals surface area (Å²) in [4.78, 5) is 38.3. The van der Waals surface area contributed by atoms with E-state index in [1.807, 2.05) is 59.5 Å². The number of hydrogen-bond acceptors (Lipinski definition) is 8. The van der Waals surface area contributed by atoms with Gasteiger partial charge < -0.3 is 9.64 Å². The van der Waals surface area contributed by atoms with E-state index in [9.17, 15) is 18.0 Å². The summed E-state index contributed by atoms with van der Waals surface area (Å²) in [5.74, 6) is -1.55. The highest BCUT2D eigenvalue weighted by Gasteiger charge is 2.43. The lowest BCUT2D eigenvalue weighted by Gasteiger charge is -2.35. The quantitative estimate of drug-likeness (QED) is 0.355. The lowest BCUT2D eigenvalue weighted by Crippen LogP contribution is -2.52. The number of nitrogens with zero attached hydrogens (tertiary/aromatic N) is 5. The van der Waals surface area contributed by atoms with Gasteiger partial charge in [0, 0.05) is 49.2 Å². The normalized spacial score (nSPS) is 18.8. The minimum absolute atomic E-state index is 0.0851. The highest BCUT2D eigenvalue weighted by Crippen LogP contribution is 2.26. The van der Waals surface area contributed by atoms with Crippen molar-refractivity contribution in [3.63, 3.8) is 0 Å². The van der Waals surface area contributed by atoms with Gasteiger partial charge in [-0.2, -0.15) is 4.31 Å². The Kier molecular flexibility index (Phi) is 9.10. The van der Waals surface area contributed by atoms with Gasteiger partial charge in [-0.3, -0.25) is 4.79 Å². The molecule has 0 radical (unpaired) electrons. The molecular weight excluding hydrogens is 578 g/mol. The molecule has 222 valence electrons. The van der Waals surface area contributed by atoms with E-state index in [0.29, 0.717) is 30.5 Å². The van der Waals surface area contributed by atoms with Gasteiger partial charge >= 0.3 is 6.09 Å². The molecule has 2 fully saturated rings. The van der Waals surface area contributed by atoms with Gasteiger partial charge in [-0.1, -0.05) is 67.9 Å². The van der Waals surface area contributed by atoms with Crippen LogP contribution in [0.4, 0.5) is 10.7 Å². The third kappa shape index (κ3) is 6.74. The number of carbonyl (C=O) groups is 2. The fourth-order valence-electron chi connectivity index (χ4n) is 5.27. The van der Waals surface area contributed by atoms with Gasteiger partial charge in [0.05, 0.1) is 17.7 Å². The molecule has 3 aromatic rings. The van der Waals surface area contributed by atoms with Crippen molar-refractivity contribution in [2.45, 2.75) is 26.3 Å². The van der Waals surface area contributed by atoms with Crippen LogP contribution < -0.4 is 4.90 Å². The van der Waals surface area contributed by atoms with Crippen LogP contribution in [0.25, 0.3) is 11.1 Å². The Morgan fingerprint density at radius 2 is 1.62 bits per heavy atom. The zero-order valence-electron chi connectivity index (χ0n) is 23.6. The number of piperazine rings is 1. The number of ether oxygens (including phenoxy) is 1. The highest BCUT2D eigenvalue weighted by atomic mass is 35.5. The molecule has 5 rings (SSSR count). The van der Waals surface area contributed by atoms with Crippen LogP contribution in [0.3, 0.4) is 0 Å². The van der Waals surface area contributed by atoms with Gasteiger partial charge in [-0.15, -0.1) is 0 Å². The van der Waals surface area contributed by atoms with Crippen LogP contribution in [0.1, 0.15) is 19.4 Å². The van der Waals surface area contributed by atoms with Gasteiger partial charge in [0.2, 0.25) is 21.9 Å². The maximum Gasteiger partial charge on any atom is 0.416 e. The van der Waals surface area contributed by atoms with Crippen LogP contribution in [0.2, 0.25) is 5.02 Å². The molecule has 0 N–H and O–H groups in total. The number of cyclic esters (lactones) is 1. The zero-order chi connectivity index (χ0) is 29.9. The van der Waals surface area contributed by atoms with E-state index in [2.05, 4.69) is 9.97 Å². The molecule has 2 aromatic carbocycles. The second-order valence-corrected chi connectivity index (χ2v) is 13.4. The van der Waals surface area contributed by atoms with E-state index in [-0.39, 0.29) is 31.4 Å². The number of amides is 2. The first kappa shape index (κ1) is 29.9. The van der Waals surface area contributed by atoms with Crippen molar-refractivity contribution in [3.8, 4) is 11.1 Å². The lowest BCUT2D eigenvalue weighted by atomic mass is 9.95. The number of aromatic nitrogens is 2. The molecule has 0 spiro atoms. The van der Waals surface area contributed by atoms with Gasteiger partial charge in [-0.25, -0.2) is 28.1 Å². The predicted octanol–water partition coefficient (Wildman–Crippen LogP) is 4.11. The average molecular weight is 612 g/mol. The first-order valence-electron chi connectivity index (χ1n) is 14.0. The maximum atomic E-state index is 13.7. The molecule has 1 aromatic heterocycles. The summed E-state index contributed by atoms with van der Waals surface area (Å²) in [7, 11) is -3.79. The summed E-state index contributed by atoms with van der Waals surface area (Å²) in [5, 5.41) is 0.652. The van der Waals surface area contributed by atoms with E-state index < -0.39 is 34.0 Å². The molecule has 2 aliphatic rings. The molecule has 0 aliphatic carbocycles. The number of hydrogen-bond donors (Lipinski definition) is 0. The topological polar surface area (TPSA) is 113 Å². The van der Waals surface area contributed by atoms with E-state index in [4.69, 9.17) is 16.3 Å². The summed E-state index contributed by atoms with van der Waals surface area (Å²) in [5.41, 5.74) is 2.77. The summed E-state index contributed by atoms with van der Waals surface area (Å²) < 4.78 is 33.7. The fourth-order valence-corrected chi connectivity index (χ4v) is 7.31. The van der Waals surface area contributed by atoms with Crippen molar-refractivity contribution < 1.29 is 22.7 Å². The molecule has 42 heavy (non-hydrogen) atoms. The Hall–Kier alpha value is -3.54. The minimum Gasteiger partial charge on any atom is -0.447 e. The molecule has 0 saturated carbocycles. The molecule has 2 atom stereocenters. The fraction of sp³-hybridized carbons (Fsp3) is 0.400. The van der Waals surface area contributed by atoms with Crippen molar-refractivity contribution in [1.82, 2.24) is 19.2 Å². The van der Waals surface area contributed by atoms with Crippen molar-refractivity contribution in [3.05, 3.63) is 77.6 Å². The Bertz CT molecular complexity index is 1500. The average Bonchev–Trinajstić information content (AvgIpc) is 3.36. The lowest BCUT2D eigenvalue weighted by molar-refractivity contribution is -0.134. The van der Waals surface area contributed by atoms with E-state index in [0.717, 1.165) is 21.6 Å². The van der Waals surface area contributed by atoms with E-state index in [1.165, 1.54) is 4.31 Å². The van der Waals surface area contributed by atoms with Gasteiger partial charge in [-0.05, 0) is 35.6 Å². The number of sulfonamides is 1. The summed E-state index contributed by atoms with van der Waals surface area (Å²) in [6.45, 7) is 5.00. The molecule has 0 bridgehead atoms. The Morgan fingerprint density at radius 1 is 0.976 bits per heavy atom. The van der Waals surface area contributed by atoms with Crippen LogP contribution in [0, 0.1) is 11.8 Å². The predicted molar refractivity (Wildman–Crippen MR) is 161 cm³/mol. The second-order valence-electron chi connectivity index (χ2n) is 10.9. The number of anilines is 1. The third-order valence-electron chi connectivity index (χ3n) is 7.76. The SMILES string of the molecule is CC(C)[C@@H](CS(=O)(=O)N1CCN(c2ncc(-c3ccc(Cl)cc3)cn2)CC1)C(=O)N1C(=O)OC[C@H]1Cc1ccccc1. The summed E-state index contributed by atoms with van der Waals surface area (Å²) >= 11 is 5.97. The molecule has 2 saturated heterocycles. The Morgan fingerprint density at radius 3 is 2.24 bits per heavy atom. The second kappa shape index (κ2) is 12.8. The van der Waals surface area contributed by atoms with Gasteiger partial charge in [0.1, 0.15) is 6.61 Å². The number of carbonyl (C=O) groups excluding carboxylic acids is 2. The molecule has 12 heteroatoms. The molecule has 2 aliphatic heterocycles. The first-order chi connectivity index (χ1) is 20.1. The highest BCUT2D eigenvalue weighted by molar-refractivity contribution is 7.89. The smallest absolute Gasteiger partial charge is 0.416 e. The number of imide groups is 1. The maximum absolute atomic E-state index is 13.7. The molecular formula is C30H34ClN5O5S. The first-order valence-corrected chi connectivity index (χ1v) is 16.0. The van der Waals surface area contributed by atoms with Gasteiger partial charge in [0.25, 0.3) is 0 Å². The number of halogens is 1. The van der Waals surface area contributed by atoms with Crippen molar-refractivity contribution in [1.29, 1.82) is 0 Å². The third-order valence-corrected chi connectivity index (χ3v) is 9.94.